The van der Waals surface area contributed by atoms with Gasteiger partial charge in [-0.3, -0.25) is 0 Å². The van der Waals surface area contributed by atoms with Crippen molar-refractivity contribution < 1.29 is 12.8 Å². The average Bonchev–Trinajstić information content (AvgIpc) is 2.76. The molecule has 1 saturated carbocycles. The van der Waals surface area contributed by atoms with Crippen molar-refractivity contribution in [3.63, 3.8) is 0 Å². The van der Waals surface area contributed by atoms with Crippen LogP contribution in [-0.2, 0) is 16.6 Å². The van der Waals surface area contributed by atoms with Crippen molar-refractivity contribution in [2.24, 2.45) is 5.92 Å². The normalized spacial score (nSPS) is 23.1. The number of halogens is 1. The fraction of sp³-hybridized carbons (Fsp3) is 0.571. The Bertz CT molecular complexity index is 575. The SMILES string of the molecule is CNCc1ccc(F)c(S(=O)(=O)NC2CCC(C)C2)c1. The fourth-order valence-corrected chi connectivity index (χ4v) is 4.08. The zero-order valence-corrected chi connectivity index (χ0v) is 12.6. The molecule has 1 aliphatic rings. The highest BCUT2D eigenvalue weighted by Gasteiger charge is 2.28. The second-order valence-electron chi connectivity index (χ2n) is 5.53. The summed E-state index contributed by atoms with van der Waals surface area (Å²) in [6.07, 6.45) is 2.64. The molecule has 6 heteroatoms. The topological polar surface area (TPSA) is 58.2 Å². The first-order chi connectivity index (χ1) is 9.42. The summed E-state index contributed by atoms with van der Waals surface area (Å²) in [6.45, 7) is 2.60. The van der Waals surface area contributed by atoms with Gasteiger partial charge in [0.1, 0.15) is 10.7 Å². The van der Waals surface area contributed by atoms with Gasteiger partial charge in [-0.25, -0.2) is 17.5 Å². The van der Waals surface area contributed by atoms with Gasteiger partial charge in [-0.1, -0.05) is 13.0 Å². The summed E-state index contributed by atoms with van der Waals surface area (Å²) in [6, 6.07) is 4.11. The average molecular weight is 300 g/mol. The Kier molecular flexibility index (Phi) is 4.78. The van der Waals surface area contributed by atoms with E-state index in [1.807, 2.05) is 0 Å². The largest absolute Gasteiger partial charge is 0.316 e. The number of hydrogen-bond donors (Lipinski definition) is 2. The van der Waals surface area contributed by atoms with E-state index < -0.39 is 15.8 Å². The molecule has 2 atom stereocenters. The maximum absolute atomic E-state index is 13.8. The smallest absolute Gasteiger partial charge is 0.243 e. The Balaban J connectivity index is 2.22. The second-order valence-corrected chi connectivity index (χ2v) is 7.21. The molecule has 2 rings (SSSR count). The van der Waals surface area contributed by atoms with Crippen molar-refractivity contribution in [2.45, 2.75) is 43.7 Å². The molecule has 1 aliphatic carbocycles. The van der Waals surface area contributed by atoms with Crippen molar-refractivity contribution in [3.05, 3.63) is 29.6 Å². The molecule has 0 amide bonds. The lowest BCUT2D eigenvalue weighted by Crippen LogP contribution is -2.33. The molecule has 0 radical (unpaired) electrons. The molecule has 0 heterocycles. The van der Waals surface area contributed by atoms with Gasteiger partial charge in [0.25, 0.3) is 0 Å². The summed E-state index contributed by atoms with van der Waals surface area (Å²) in [4.78, 5) is -0.259. The maximum Gasteiger partial charge on any atom is 0.243 e. The lowest BCUT2D eigenvalue weighted by Gasteiger charge is -2.14. The van der Waals surface area contributed by atoms with Crippen LogP contribution < -0.4 is 10.0 Å². The molecule has 1 aromatic carbocycles. The summed E-state index contributed by atoms with van der Waals surface area (Å²) in [5.41, 5.74) is 0.745. The van der Waals surface area contributed by atoms with Crippen LogP contribution in [-0.4, -0.2) is 21.5 Å². The van der Waals surface area contributed by atoms with E-state index in [1.165, 1.54) is 12.1 Å². The molecule has 0 aromatic heterocycles. The minimum Gasteiger partial charge on any atom is -0.316 e. The minimum atomic E-state index is -3.79. The first kappa shape index (κ1) is 15.4. The van der Waals surface area contributed by atoms with E-state index in [-0.39, 0.29) is 10.9 Å². The highest BCUT2D eigenvalue weighted by atomic mass is 32.2. The van der Waals surface area contributed by atoms with Crippen LogP contribution in [0.2, 0.25) is 0 Å². The molecule has 1 fully saturated rings. The molecular formula is C14H21FN2O2S. The number of hydrogen-bond acceptors (Lipinski definition) is 3. The third-order valence-electron chi connectivity index (χ3n) is 3.68. The van der Waals surface area contributed by atoms with Gasteiger partial charge >= 0.3 is 0 Å². The number of sulfonamides is 1. The molecule has 112 valence electrons. The van der Waals surface area contributed by atoms with E-state index in [0.717, 1.165) is 24.8 Å². The van der Waals surface area contributed by atoms with Crippen molar-refractivity contribution in [1.82, 2.24) is 10.0 Å². The van der Waals surface area contributed by atoms with E-state index in [1.54, 1.807) is 13.1 Å². The first-order valence-electron chi connectivity index (χ1n) is 6.87. The Hall–Kier alpha value is -0.980. The Labute approximate surface area is 119 Å². The monoisotopic (exact) mass is 300 g/mol. The molecule has 0 saturated heterocycles. The summed E-state index contributed by atoms with van der Waals surface area (Å²) < 4.78 is 41.0. The third kappa shape index (κ3) is 3.56. The summed E-state index contributed by atoms with van der Waals surface area (Å²) >= 11 is 0. The summed E-state index contributed by atoms with van der Waals surface area (Å²) in [7, 11) is -2.03. The highest BCUT2D eigenvalue weighted by molar-refractivity contribution is 7.89. The van der Waals surface area contributed by atoms with Gasteiger partial charge in [-0.15, -0.1) is 0 Å². The van der Waals surface area contributed by atoms with Crippen molar-refractivity contribution in [3.8, 4) is 0 Å². The van der Waals surface area contributed by atoms with Crippen LogP contribution in [0.25, 0.3) is 0 Å². The molecule has 0 aliphatic heterocycles. The lowest BCUT2D eigenvalue weighted by atomic mass is 10.1. The predicted molar refractivity (Wildman–Crippen MR) is 76.3 cm³/mol. The van der Waals surface area contributed by atoms with Crippen LogP contribution in [0.3, 0.4) is 0 Å². The molecule has 4 nitrogen and oxygen atoms in total. The van der Waals surface area contributed by atoms with Crippen LogP contribution in [0.15, 0.2) is 23.1 Å². The Morgan fingerprint density at radius 1 is 1.35 bits per heavy atom. The van der Waals surface area contributed by atoms with Crippen molar-refractivity contribution in [2.75, 3.05) is 7.05 Å². The van der Waals surface area contributed by atoms with Gasteiger partial charge in [0.15, 0.2) is 0 Å². The molecule has 2 unspecified atom stereocenters. The second kappa shape index (κ2) is 6.20. The minimum absolute atomic E-state index is 0.0812. The first-order valence-corrected chi connectivity index (χ1v) is 8.36. The van der Waals surface area contributed by atoms with Gasteiger partial charge < -0.3 is 5.32 Å². The molecule has 1 aromatic rings. The number of rotatable bonds is 5. The lowest BCUT2D eigenvalue weighted by molar-refractivity contribution is 0.527. The quantitative estimate of drug-likeness (QED) is 0.874. The van der Waals surface area contributed by atoms with E-state index in [9.17, 15) is 12.8 Å². The van der Waals surface area contributed by atoms with Crippen molar-refractivity contribution >= 4 is 10.0 Å². The Morgan fingerprint density at radius 2 is 2.10 bits per heavy atom. The van der Waals surface area contributed by atoms with E-state index in [4.69, 9.17) is 0 Å². The Morgan fingerprint density at radius 3 is 2.70 bits per heavy atom. The zero-order valence-electron chi connectivity index (χ0n) is 11.8. The van der Waals surface area contributed by atoms with Gasteiger partial charge in [0.2, 0.25) is 10.0 Å². The van der Waals surface area contributed by atoms with Crippen LogP contribution >= 0.6 is 0 Å². The molecule has 0 bridgehead atoms. The summed E-state index contributed by atoms with van der Waals surface area (Å²) in [5, 5.41) is 2.92. The van der Waals surface area contributed by atoms with Crippen LogP contribution in [0.5, 0.6) is 0 Å². The van der Waals surface area contributed by atoms with Gasteiger partial charge in [0.05, 0.1) is 0 Å². The van der Waals surface area contributed by atoms with Crippen molar-refractivity contribution in [1.29, 1.82) is 0 Å². The van der Waals surface area contributed by atoms with Crippen LogP contribution in [0.1, 0.15) is 31.7 Å². The molecule has 2 N–H and O–H groups in total. The van der Waals surface area contributed by atoms with Gasteiger partial charge in [-0.05, 0) is 49.9 Å². The van der Waals surface area contributed by atoms with E-state index >= 15 is 0 Å². The molecule has 20 heavy (non-hydrogen) atoms. The van der Waals surface area contributed by atoms with Crippen LogP contribution in [0.4, 0.5) is 4.39 Å². The highest BCUT2D eigenvalue weighted by Crippen LogP contribution is 2.26. The summed E-state index contributed by atoms with van der Waals surface area (Å²) in [5.74, 6) is -0.188. The predicted octanol–water partition coefficient (Wildman–Crippen LogP) is 2.01. The third-order valence-corrected chi connectivity index (χ3v) is 5.22. The molecular weight excluding hydrogens is 279 g/mol. The van der Waals surface area contributed by atoms with Crippen LogP contribution in [0, 0.1) is 11.7 Å². The fourth-order valence-electron chi connectivity index (χ4n) is 2.66. The number of nitrogens with one attached hydrogen (secondary N) is 2. The van der Waals surface area contributed by atoms with Gasteiger partial charge in [0, 0.05) is 12.6 Å². The zero-order chi connectivity index (χ0) is 14.8. The molecule has 0 spiro atoms. The van der Waals surface area contributed by atoms with Gasteiger partial charge in [-0.2, -0.15) is 0 Å². The van der Waals surface area contributed by atoms with E-state index in [0.29, 0.717) is 12.5 Å². The maximum atomic E-state index is 13.8. The standard InChI is InChI=1S/C14H21FN2O2S/c1-10-3-5-12(7-10)17-20(18,19)14-8-11(9-16-2)4-6-13(14)15/h4,6,8,10,12,16-17H,3,5,7,9H2,1-2H3. The number of benzene rings is 1. The van der Waals surface area contributed by atoms with E-state index in [2.05, 4.69) is 17.0 Å².